The Hall–Kier alpha value is -1.08. The van der Waals surface area contributed by atoms with Crippen LogP contribution in [0.4, 0.5) is 5.82 Å². The van der Waals surface area contributed by atoms with E-state index in [1.807, 2.05) is 0 Å². The van der Waals surface area contributed by atoms with Gasteiger partial charge in [-0.2, -0.15) is 0 Å². The van der Waals surface area contributed by atoms with Gasteiger partial charge in [-0.25, -0.2) is 18.1 Å². The van der Waals surface area contributed by atoms with Crippen molar-refractivity contribution in [3.05, 3.63) is 6.33 Å². The number of anilines is 1. The summed E-state index contributed by atoms with van der Waals surface area (Å²) in [5.41, 5.74) is 5.53. The first-order chi connectivity index (χ1) is 7.50. The van der Waals surface area contributed by atoms with Gasteiger partial charge in [-0.1, -0.05) is 6.42 Å². The van der Waals surface area contributed by atoms with Gasteiger partial charge in [0.1, 0.15) is 0 Å². The highest BCUT2D eigenvalue weighted by atomic mass is 32.2. The summed E-state index contributed by atoms with van der Waals surface area (Å²) in [5.74, 6) is 0.521. The van der Waals surface area contributed by atoms with Gasteiger partial charge in [-0.15, -0.1) is 0 Å². The summed E-state index contributed by atoms with van der Waals surface area (Å²) in [5, 5.41) is 0.0480. The Kier molecular flexibility index (Phi) is 2.90. The number of rotatable bonds is 4. The number of nitrogens with zero attached hydrogens (tertiary/aromatic N) is 2. The fourth-order valence-corrected chi connectivity index (χ4v) is 3.10. The maximum Gasteiger partial charge on any atom is 0.260 e. The lowest BCUT2D eigenvalue weighted by molar-refractivity contribution is 0.316. The molecule has 2 rings (SSSR count). The minimum absolute atomic E-state index is 0.0450. The number of hydrogen-bond acceptors (Lipinski definition) is 4. The van der Waals surface area contributed by atoms with E-state index in [4.69, 9.17) is 5.73 Å². The molecule has 0 aromatic carbocycles. The summed E-state index contributed by atoms with van der Waals surface area (Å²) in [6.45, 7) is 0.493. The molecule has 6 nitrogen and oxygen atoms in total. The van der Waals surface area contributed by atoms with Crippen LogP contribution in [0.1, 0.15) is 19.3 Å². The van der Waals surface area contributed by atoms with E-state index >= 15 is 0 Å². The Morgan fingerprint density at radius 1 is 1.62 bits per heavy atom. The molecule has 0 unspecified atom stereocenters. The summed E-state index contributed by atoms with van der Waals surface area (Å²) in [6, 6.07) is 0. The van der Waals surface area contributed by atoms with Crippen molar-refractivity contribution in [1.82, 2.24) is 14.3 Å². The molecule has 0 aliphatic heterocycles. The molecule has 0 atom stereocenters. The number of aromatic nitrogens is 2. The van der Waals surface area contributed by atoms with E-state index < -0.39 is 10.0 Å². The molecule has 0 bridgehead atoms. The normalized spacial score (nSPS) is 17.3. The number of nitrogens with two attached hydrogens (primary N) is 1. The van der Waals surface area contributed by atoms with E-state index in [-0.39, 0.29) is 10.8 Å². The zero-order chi connectivity index (χ0) is 11.8. The Labute approximate surface area is 94.9 Å². The number of nitrogens with one attached hydrogen (secondary N) is 1. The van der Waals surface area contributed by atoms with Crippen molar-refractivity contribution in [3.8, 4) is 0 Å². The molecule has 16 heavy (non-hydrogen) atoms. The van der Waals surface area contributed by atoms with Crippen molar-refractivity contribution in [1.29, 1.82) is 0 Å². The van der Waals surface area contributed by atoms with Crippen LogP contribution in [0, 0.1) is 5.92 Å². The van der Waals surface area contributed by atoms with Gasteiger partial charge in [-0.05, 0) is 18.8 Å². The highest BCUT2D eigenvalue weighted by Crippen LogP contribution is 2.26. The molecular formula is C9H16N4O2S. The van der Waals surface area contributed by atoms with E-state index in [9.17, 15) is 8.42 Å². The van der Waals surface area contributed by atoms with Crippen molar-refractivity contribution in [3.63, 3.8) is 0 Å². The van der Waals surface area contributed by atoms with E-state index in [1.54, 1.807) is 7.05 Å². The topological polar surface area (TPSA) is 90.0 Å². The summed E-state index contributed by atoms with van der Waals surface area (Å²) < 4.78 is 27.8. The third kappa shape index (κ3) is 2.05. The summed E-state index contributed by atoms with van der Waals surface area (Å²) >= 11 is 0. The number of nitrogen functional groups attached to an aromatic ring is 1. The average molecular weight is 244 g/mol. The molecule has 3 N–H and O–H groups in total. The first-order valence-electron chi connectivity index (χ1n) is 5.27. The number of sulfonamides is 1. The van der Waals surface area contributed by atoms with Crippen molar-refractivity contribution >= 4 is 15.8 Å². The Morgan fingerprint density at radius 3 is 2.75 bits per heavy atom. The lowest BCUT2D eigenvalue weighted by Gasteiger charge is -2.25. The predicted molar refractivity (Wildman–Crippen MR) is 60.1 cm³/mol. The van der Waals surface area contributed by atoms with Crippen molar-refractivity contribution < 1.29 is 8.42 Å². The van der Waals surface area contributed by atoms with E-state index in [0.29, 0.717) is 12.5 Å². The van der Waals surface area contributed by atoms with Crippen LogP contribution in [0.2, 0.25) is 0 Å². The quantitative estimate of drug-likeness (QED) is 0.785. The monoisotopic (exact) mass is 244 g/mol. The molecule has 0 amide bonds. The molecule has 1 fully saturated rings. The van der Waals surface area contributed by atoms with Gasteiger partial charge < -0.3 is 10.3 Å². The van der Waals surface area contributed by atoms with Gasteiger partial charge in [-0.3, -0.25) is 0 Å². The molecule has 7 heteroatoms. The largest absolute Gasteiger partial charge is 0.381 e. The fraction of sp³-hybridized carbons (Fsp3) is 0.667. The van der Waals surface area contributed by atoms with Crippen LogP contribution in [0.3, 0.4) is 0 Å². The molecule has 1 aromatic heterocycles. The first-order valence-corrected chi connectivity index (χ1v) is 6.75. The summed E-state index contributed by atoms with van der Waals surface area (Å²) in [7, 11) is -1.91. The minimum atomic E-state index is -3.52. The second kappa shape index (κ2) is 4.06. The van der Waals surface area contributed by atoms with Crippen LogP contribution < -0.4 is 10.5 Å². The molecule has 1 aromatic rings. The summed E-state index contributed by atoms with van der Waals surface area (Å²) in [4.78, 5) is 3.77. The molecule has 1 heterocycles. The average Bonchev–Trinajstić information content (AvgIpc) is 2.43. The van der Waals surface area contributed by atoms with Crippen LogP contribution in [-0.4, -0.2) is 24.5 Å². The molecule has 0 saturated heterocycles. The first kappa shape index (κ1) is 11.4. The zero-order valence-electron chi connectivity index (χ0n) is 9.18. The number of hydrogen-bond donors (Lipinski definition) is 2. The van der Waals surface area contributed by atoms with Crippen LogP contribution in [-0.2, 0) is 17.1 Å². The Morgan fingerprint density at radius 2 is 2.31 bits per heavy atom. The van der Waals surface area contributed by atoms with Gasteiger partial charge in [0.05, 0.1) is 6.33 Å². The van der Waals surface area contributed by atoms with E-state index in [0.717, 1.165) is 12.8 Å². The number of imidazole rings is 1. The van der Waals surface area contributed by atoms with Gasteiger partial charge >= 0.3 is 0 Å². The van der Waals surface area contributed by atoms with Crippen LogP contribution >= 0.6 is 0 Å². The molecule has 1 saturated carbocycles. The Bertz CT molecular complexity index is 456. The highest BCUT2D eigenvalue weighted by Gasteiger charge is 2.25. The van der Waals surface area contributed by atoms with Gasteiger partial charge in [0, 0.05) is 13.6 Å². The van der Waals surface area contributed by atoms with Crippen molar-refractivity contribution in [2.75, 3.05) is 12.3 Å². The third-order valence-electron chi connectivity index (χ3n) is 2.95. The van der Waals surface area contributed by atoms with E-state index in [1.165, 1.54) is 17.3 Å². The molecular weight excluding hydrogens is 228 g/mol. The zero-order valence-corrected chi connectivity index (χ0v) is 10.00. The fourth-order valence-electron chi connectivity index (χ4n) is 1.76. The van der Waals surface area contributed by atoms with Crippen LogP contribution in [0.15, 0.2) is 11.4 Å². The summed E-state index contributed by atoms with van der Waals surface area (Å²) in [6.07, 6.45) is 4.79. The standard InChI is InChI=1S/C9H16N4O2S/c1-13-6-11-8(10)9(13)16(14,15)12-5-7-3-2-4-7/h6-7,12H,2-5,10H2,1H3. The van der Waals surface area contributed by atoms with Crippen LogP contribution in [0.5, 0.6) is 0 Å². The lowest BCUT2D eigenvalue weighted by atomic mass is 9.86. The highest BCUT2D eigenvalue weighted by molar-refractivity contribution is 7.89. The van der Waals surface area contributed by atoms with Gasteiger partial charge in [0.2, 0.25) is 0 Å². The second-order valence-corrected chi connectivity index (χ2v) is 5.88. The van der Waals surface area contributed by atoms with Gasteiger partial charge in [0.15, 0.2) is 10.8 Å². The predicted octanol–water partition coefficient (Wildman–Crippen LogP) is 0.0807. The second-order valence-electron chi connectivity index (χ2n) is 4.19. The number of aryl methyl sites for hydroxylation is 1. The maximum absolute atomic E-state index is 11.9. The molecule has 1 aliphatic carbocycles. The Balaban J connectivity index is 2.12. The lowest BCUT2D eigenvalue weighted by Crippen LogP contribution is -2.33. The van der Waals surface area contributed by atoms with Crippen molar-refractivity contribution in [2.24, 2.45) is 13.0 Å². The maximum atomic E-state index is 11.9. The van der Waals surface area contributed by atoms with Crippen LogP contribution in [0.25, 0.3) is 0 Å². The SMILES string of the molecule is Cn1cnc(N)c1S(=O)(=O)NCC1CCC1. The molecule has 0 spiro atoms. The third-order valence-corrected chi connectivity index (χ3v) is 4.50. The van der Waals surface area contributed by atoms with Gasteiger partial charge in [0.25, 0.3) is 10.0 Å². The smallest absolute Gasteiger partial charge is 0.260 e. The van der Waals surface area contributed by atoms with E-state index in [2.05, 4.69) is 9.71 Å². The minimum Gasteiger partial charge on any atom is -0.381 e. The molecule has 1 aliphatic rings. The molecule has 0 radical (unpaired) electrons. The van der Waals surface area contributed by atoms with Crippen molar-refractivity contribution in [2.45, 2.75) is 24.3 Å². The molecule has 90 valence electrons.